The summed E-state index contributed by atoms with van der Waals surface area (Å²) < 4.78 is 16.2. The van der Waals surface area contributed by atoms with Crippen LogP contribution in [0.5, 0.6) is 11.5 Å². The van der Waals surface area contributed by atoms with E-state index in [1.807, 2.05) is 18.2 Å². The van der Waals surface area contributed by atoms with Crippen LogP contribution in [0, 0.1) is 0 Å². The van der Waals surface area contributed by atoms with Gasteiger partial charge >= 0.3 is 0 Å². The maximum atomic E-state index is 12.1. The number of hydrogen-bond donors (Lipinski definition) is 2. The Bertz CT molecular complexity index is 568. The quantitative estimate of drug-likeness (QED) is 0.704. The molecule has 1 aliphatic heterocycles. The van der Waals surface area contributed by atoms with Gasteiger partial charge in [-0.25, -0.2) is 0 Å². The van der Waals surface area contributed by atoms with Crippen molar-refractivity contribution in [3.8, 4) is 11.5 Å². The van der Waals surface area contributed by atoms with Crippen molar-refractivity contribution >= 4 is 5.91 Å². The van der Waals surface area contributed by atoms with Gasteiger partial charge in [-0.15, -0.1) is 6.58 Å². The molecular formula is C18H26N2O4. The Morgan fingerprint density at radius 3 is 2.92 bits per heavy atom. The van der Waals surface area contributed by atoms with E-state index in [1.165, 1.54) is 0 Å². The van der Waals surface area contributed by atoms with Crippen LogP contribution in [0.4, 0.5) is 0 Å². The predicted octanol–water partition coefficient (Wildman–Crippen LogP) is 1.43. The van der Waals surface area contributed by atoms with E-state index in [4.69, 9.17) is 14.2 Å². The van der Waals surface area contributed by atoms with Crippen LogP contribution in [0.3, 0.4) is 0 Å². The summed E-state index contributed by atoms with van der Waals surface area (Å²) in [5, 5.41) is 6.22. The highest BCUT2D eigenvalue weighted by Gasteiger charge is 2.17. The van der Waals surface area contributed by atoms with Crippen LogP contribution in [0.1, 0.15) is 17.5 Å². The zero-order valence-electron chi connectivity index (χ0n) is 14.4. The van der Waals surface area contributed by atoms with Crippen LogP contribution < -0.4 is 20.1 Å². The maximum absolute atomic E-state index is 12.1. The summed E-state index contributed by atoms with van der Waals surface area (Å²) in [5.74, 6) is 1.36. The third-order valence-corrected chi connectivity index (χ3v) is 3.90. The Morgan fingerprint density at radius 1 is 1.46 bits per heavy atom. The second-order valence-electron chi connectivity index (χ2n) is 5.69. The lowest BCUT2D eigenvalue weighted by atomic mass is 10.1. The molecule has 0 saturated carbocycles. The molecule has 1 saturated heterocycles. The van der Waals surface area contributed by atoms with Crippen molar-refractivity contribution in [2.45, 2.75) is 25.4 Å². The van der Waals surface area contributed by atoms with Crippen molar-refractivity contribution < 1.29 is 19.0 Å². The number of hydrogen-bond acceptors (Lipinski definition) is 5. The predicted molar refractivity (Wildman–Crippen MR) is 92.5 cm³/mol. The molecule has 1 atom stereocenters. The summed E-state index contributed by atoms with van der Waals surface area (Å²) in [6.07, 6.45) is 2.89. The Labute approximate surface area is 143 Å². The lowest BCUT2D eigenvalue weighted by Gasteiger charge is -2.23. The molecule has 1 fully saturated rings. The molecule has 24 heavy (non-hydrogen) atoms. The number of ether oxygens (including phenoxy) is 3. The van der Waals surface area contributed by atoms with Crippen molar-refractivity contribution in [3.05, 3.63) is 35.9 Å². The monoisotopic (exact) mass is 334 g/mol. The minimum absolute atomic E-state index is 0.00180. The van der Waals surface area contributed by atoms with Crippen LogP contribution in [0.25, 0.3) is 0 Å². The molecule has 1 aliphatic rings. The summed E-state index contributed by atoms with van der Waals surface area (Å²) >= 11 is 0. The molecule has 1 amide bonds. The van der Waals surface area contributed by atoms with Gasteiger partial charge < -0.3 is 24.8 Å². The number of allylic oxidation sites excluding steroid dienone is 1. The SMILES string of the molecule is C=CCc1cc(CNC(=O)CC2COCCN2)cc(OC)c1OC. The number of carbonyl (C=O) groups excluding carboxylic acids is 1. The third kappa shape index (κ3) is 4.97. The van der Waals surface area contributed by atoms with Gasteiger partial charge in [0, 0.05) is 31.1 Å². The van der Waals surface area contributed by atoms with E-state index in [0.29, 0.717) is 44.1 Å². The molecule has 1 aromatic carbocycles. The molecule has 0 spiro atoms. The summed E-state index contributed by atoms with van der Waals surface area (Å²) in [6, 6.07) is 3.97. The third-order valence-electron chi connectivity index (χ3n) is 3.90. The number of nitrogens with one attached hydrogen (secondary N) is 2. The molecule has 2 rings (SSSR count). The van der Waals surface area contributed by atoms with Crippen molar-refractivity contribution in [3.63, 3.8) is 0 Å². The van der Waals surface area contributed by atoms with E-state index in [1.54, 1.807) is 14.2 Å². The number of rotatable bonds is 8. The smallest absolute Gasteiger partial charge is 0.221 e. The lowest BCUT2D eigenvalue weighted by molar-refractivity contribution is -0.122. The van der Waals surface area contributed by atoms with Crippen molar-refractivity contribution in [2.75, 3.05) is 34.0 Å². The molecule has 2 N–H and O–H groups in total. The van der Waals surface area contributed by atoms with Crippen LogP contribution in [0.2, 0.25) is 0 Å². The second kappa shape index (κ2) is 9.30. The van der Waals surface area contributed by atoms with Crippen LogP contribution in [-0.4, -0.2) is 45.9 Å². The summed E-state index contributed by atoms with van der Waals surface area (Å²) in [6.45, 7) is 6.28. The van der Waals surface area contributed by atoms with E-state index < -0.39 is 0 Å². The Hall–Kier alpha value is -2.05. The average molecular weight is 334 g/mol. The fourth-order valence-corrected chi connectivity index (χ4v) is 2.76. The number of amides is 1. The van der Waals surface area contributed by atoms with Gasteiger partial charge in [0.2, 0.25) is 5.91 Å². The van der Waals surface area contributed by atoms with Crippen molar-refractivity contribution in [2.24, 2.45) is 0 Å². The van der Waals surface area contributed by atoms with Gasteiger partial charge in [0.05, 0.1) is 27.4 Å². The minimum Gasteiger partial charge on any atom is -0.493 e. The summed E-state index contributed by atoms with van der Waals surface area (Å²) in [4.78, 5) is 12.1. The van der Waals surface area contributed by atoms with Crippen LogP contribution in [0.15, 0.2) is 24.8 Å². The number of morpholine rings is 1. The number of benzene rings is 1. The molecule has 1 unspecified atom stereocenters. The van der Waals surface area contributed by atoms with Crippen LogP contribution >= 0.6 is 0 Å². The van der Waals surface area contributed by atoms with Gasteiger partial charge in [-0.3, -0.25) is 4.79 Å². The first kappa shape index (κ1) is 18.3. The van der Waals surface area contributed by atoms with Crippen molar-refractivity contribution in [1.82, 2.24) is 10.6 Å². The molecule has 1 heterocycles. The summed E-state index contributed by atoms with van der Waals surface area (Å²) in [7, 11) is 3.22. The topological polar surface area (TPSA) is 68.8 Å². The normalized spacial score (nSPS) is 17.2. The maximum Gasteiger partial charge on any atom is 0.221 e. The molecule has 6 nitrogen and oxygen atoms in total. The summed E-state index contributed by atoms with van der Waals surface area (Å²) in [5.41, 5.74) is 1.95. The molecule has 0 bridgehead atoms. The van der Waals surface area contributed by atoms with Gasteiger partial charge in [-0.1, -0.05) is 6.08 Å². The zero-order chi connectivity index (χ0) is 17.4. The number of methoxy groups -OCH3 is 2. The standard InChI is InChI=1S/C18H26N2O4/c1-4-5-14-8-13(9-16(22-2)18(14)23-3)11-20-17(21)10-15-12-24-7-6-19-15/h4,8-9,15,19H,1,5-7,10-12H2,2-3H3,(H,20,21). The molecular weight excluding hydrogens is 308 g/mol. The molecule has 0 aliphatic carbocycles. The van der Waals surface area contributed by atoms with Crippen molar-refractivity contribution in [1.29, 1.82) is 0 Å². The first-order valence-corrected chi connectivity index (χ1v) is 8.10. The number of carbonyl (C=O) groups is 1. The first-order valence-electron chi connectivity index (χ1n) is 8.10. The zero-order valence-corrected chi connectivity index (χ0v) is 14.4. The Kier molecular flexibility index (Phi) is 7.08. The fraction of sp³-hybridized carbons (Fsp3) is 0.500. The van der Waals surface area contributed by atoms with E-state index in [2.05, 4.69) is 17.2 Å². The highest BCUT2D eigenvalue weighted by molar-refractivity contribution is 5.76. The fourth-order valence-electron chi connectivity index (χ4n) is 2.76. The average Bonchev–Trinajstić information content (AvgIpc) is 2.60. The molecule has 1 aromatic rings. The highest BCUT2D eigenvalue weighted by atomic mass is 16.5. The Balaban J connectivity index is 1.99. The van der Waals surface area contributed by atoms with Gasteiger partial charge in [0.15, 0.2) is 11.5 Å². The van der Waals surface area contributed by atoms with Gasteiger partial charge in [0.1, 0.15) is 0 Å². The lowest BCUT2D eigenvalue weighted by Crippen LogP contribution is -2.44. The van der Waals surface area contributed by atoms with Gasteiger partial charge in [-0.2, -0.15) is 0 Å². The molecule has 0 aromatic heterocycles. The van der Waals surface area contributed by atoms with E-state index in [9.17, 15) is 4.79 Å². The highest BCUT2D eigenvalue weighted by Crippen LogP contribution is 2.33. The van der Waals surface area contributed by atoms with E-state index in [-0.39, 0.29) is 11.9 Å². The molecule has 6 heteroatoms. The van der Waals surface area contributed by atoms with Crippen LogP contribution in [-0.2, 0) is 22.5 Å². The molecule has 132 valence electrons. The van der Waals surface area contributed by atoms with E-state index in [0.717, 1.165) is 17.7 Å². The molecule has 0 radical (unpaired) electrons. The first-order chi connectivity index (χ1) is 11.7. The van der Waals surface area contributed by atoms with Gasteiger partial charge in [-0.05, 0) is 24.1 Å². The van der Waals surface area contributed by atoms with Gasteiger partial charge in [0.25, 0.3) is 0 Å². The minimum atomic E-state index is -0.00180. The second-order valence-corrected chi connectivity index (χ2v) is 5.69. The van der Waals surface area contributed by atoms with E-state index >= 15 is 0 Å². The Morgan fingerprint density at radius 2 is 2.29 bits per heavy atom. The largest absolute Gasteiger partial charge is 0.493 e.